The molecule has 0 aliphatic rings. The Morgan fingerprint density at radius 3 is 2.50 bits per heavy atom. The van der Waals surface area contributed by atoms with Crippen LogP contribution in [0.1, 0.15) is 42.5 Å². The van der Waals surface area contributed by atoms with E-state index in [1.54, 1.807) is 6.21 Å². The third-order valence-corrected chi connectivity index (χ3v) is 6.53. The lowest BCUT2D eigenvalue weighted by Gasteiger charge is -2.14. The van der Waals surface area contributed by atoms with Gasteiger partial charge in [0.15, 0.2) is 0 Å². The molecule has 176 valence electrons. The van der Waals surface area contributed by atoms with Crippen LogP contribution >= 0.6 is 15.9 Å². The van der Waals surface area contributed by atoms with Gasteiger partial charge in [-0.2, -0.15) is 9.78 Å². The summed E-state index contributed by atoms with van der Waals surface area (Å²) in [6.07, 6.45) is 4.44. The molecular weight excluding hydrogens is 490 g/mol. The van der Waals surface area contributed by atoms with Crippen molar-refractivity contribution in [3.63, 3.8) is 0 Å². The Morgan fingerprint density at radius 2 is 1.82 bits per heavy atom. The summed E-state index contributed by atoms with van der Waals surface area (Å²) >= 11 is 3.46. The lowest BCUT2D eigenvalue weighted by atomic mass is 10.2. The molecule has 0 spiro atoms. The Kier molecular flexibility index (Phi) is 7.03. The highest BCUT2D eigenvalue weighted by atomic mass is 79.9. The van der Waals surface area contributed by atoms with Crippen LogP contribution in [0.4, 0.5) is 5.69 Å². The Hall–Kier alpha value is -3.19. The van der Waals surface area contributed by atoms with Crippen molar-refractivity contribution in [1.82, 2.24) is 14.2 Å². The van der Waals surface area contributed by atoms with Crippen LogP contribution in [0, 0.1) is 13.8 Å². The first-order chi connectivity index (χ1) is 16.3. The van der Waals surface area contributed by atoms with E-state index in [2.05, 4.69) is 81.6 Å². The summed E-state index contributed by atoms with van der Waals surface area (Å²) in [5.41, 5.74) is 5.94. The fraction of sp³-hybridized carbons (Fsp3) is 0.296. The molecule has 2 heterocycles. The zero-order valence-electron chi connectivity index (χ0n) is 20.3. The van der Waals surface area contributed by atoms with E-state index in [4.69, 9.17) is 4.98 Å². The molecule has 0 bridgehead atoms. The number of nitrogens with zero attached hydrogens (tertiary/aromatic N) is 5. The number of unbranched alkanes of at least 4 members (excludes halogenated alkanes) is 1. The smallest absolute Gasteiger partial charge is 0.282 e. The molecule has 4 aromatic rings. The van der Waals surface area contributed by atoms with Crippen LogP contribution in [0.25, 0.3) is 16.6 Å². The summed E-state index contributed by atoms with van der Waals surface area (Å²) in [6.45, 7) is 6.28. The van der Waals surface area contributed by atoms with Crippen molar-refractivity contribution in [3.05, 3.63) is 86.1 Å². The molecule has 0 atom stereocenters. The number of aromatic nitrogens is 3. The number of anilines is 1. The van der Waals surface area contributed by atoms with Crippen LogP contribution in [0.15, 0.2) is 62.9 Å². The van der Waals surface area contributed by atoms with Crippen molar-refractivity contribution in [2.24, 2.45) is 5.10 Å². The fourth-order valence-corrected chi connectivity index (χ4v) is 4.51. The van der Waals surface area contributed by atoms with Gasteiger partial charge in [0.2, 0.25) is 0 Å². The normalized spacial score (nSPS) is 11.6. The van der Waals surface area contributed by atoms with Gasteiger partial charge in [0.05, 0.1) is 17.1 Å². The molecule has 0 aliphatic carbocycles. The predicted octanol–water partition coefficient (Wildman–Crippen LogP) is 5.86. The van der Waals surface area contributed by atoms with E-state index in [0.717, 1.165) is 45.6 Å². The van der Waals surface area contributed by atoms with Gasteiger partial charge in [-0.1, -0.05) is 29.3 Å². The lowest BCUT2D eigenvalue weighted by molar-refractivity contribution is 0.675. The molecule has 6 nitrogen and oxygen atoms in total. The molecule has 0 N–H and O–H groups in total. The highest BCUT2D eigenvalue weighted by Gasteiger charge is 2.13. The summed E-state index contributed by atoms with van der Waals surface area (Å²) in [5.74, 6) is 0.686. The number of fused-ring (bicyclic) bond motifs is 1. The maximum Gasteiger partial charge on any atom is 0.282 e. The van der Waals surface area contributed by atoms with Gasteiger partial charge in [-0.05, 0) is 68.8 Å². The summed E-state index contributed by atoms with van der Waals surface area (Å²) in [5, 5.41) is 5.19. The highest BCUT2D eigenvalue weighted by molar-refractivity contribution is 9.10. The van der Waals surface area contributed by atoms with E-state index in [0.29, 0.717) is 23.1 Å². The minimum absolute atomic E-state index is 0.151. The van der Waals surface area contributed by atoms with Crippen molar-refractivity contribution < 1.29 is 0 Å². The number of hydrogen-bond acceptors (Lipinski definition) is 4. The summed E-state index contributed by atoms with van der Waals surface area (Å²) < 4.78 is 4.51. The molecule has 0 radical (unpaired) electrons. The van der Waals surface area contributed by atoms with E-state index in [-0.39, 0.29) is 5.56 Å². The van der Waals surface area contributed by atoms with E-state index in [9.17, 15) is 4.79 Å². The Labute approximate surface area is 208 Å². The maximum absolute atomic E-state index is 13.3. The van der Waals surface area contributed by atoms with Gasteiger partial charge in [0.1, 0.15) is 5.82 Å². The van der Waals surface area contributed by atoms with Gasteiger partial charge in [-0.3, -0.25) is 4.79 Å². The molecule has 0 unspecified atom stereocenters. The van der Waals surface area contributed by atoms with Crippen LogP contribution in [0.2, 0.25) is 0 Å². The fourth-order valence-electron chi connectivity index (χ4n) is 4.15. The van der Waals surface area contributed by atoms with Gasteiger partial charge in [-0.25, -0.2) is 4.98 Å². The molecule has 7 heteroatoms. The van der Waals surface area contributed by atoms with Gasteiger partial charge in [0, 0.05) is 53.3 Å². The summed E-state index contributed by atoms with van der Waals surface area (Å²) in [4.78, 5) is 20.2. The maximum atomic E-state index is 13.3. The van der Waals surface area contributed by atoms with Gasteiger partial charge >= 0.3 is 0 Å². The summed E-state index contributed by atoms with van der Waals surface area (Å²) in [6, 6.07) is 16.2. The second-order valence-corrected chi connectivity index (χ2v) is 9.64. The van der Waals surface area contributed by atoms with Gasteiger partial charge in [-0.15, -0.1) is 0 Å². The number of rotatable bonds is 7. The van der Waals surface area contributed by atoms with Crippen LogP contribution in [-0.2, 0) is 6.42 Å². The number of aryl methyl sites for hydroxylation is 2. The first-order valence-corrected chi connectivity index (χ1v) is 12.3. The molecule has 0 amide bonds. The van der Waals surface area contributed by atoms with Crippen molar-refractivity contribution >= 4 is 38.7 Å². The standard InChI is InChI=1S/C27H30BrN5O/c1-6-7-8-26-30-25-14-9-21(28)16-24(25)27(34)33(26)29-17-20-15-18(2)32(19(20)3)23-12-10-22(11-13-23)31(4)5/h9-17H,6-8H2,1-5H3. The molecule has 34 heavy (non-hydrogen) atoms. The largest absolute Gasteiger partial charge is 0.378 e. The van der Waals surface area contributed by atoms with Crippen LogP contribution in [0.3, 0.4) is 0 Å². The monoisotopic (exact) mass is 519 g/mol. The lowest BCUT2D eigenvalue weighted by Crippen LogP contribution is -2.22. The second kappa shape index (κ2) is 9.97. The van der Waals surface area contributed by atoms with Crippen molar-refractivity contribution in [2.45, 2.75) is 40.0 Å². The number of hydrogen-bond donors (Lipinski definition) is 0. The summed E-state index contributed by atoms with van der Waals surface area (Å²) in [7, 11) is 4.07. The van der Waals surface area contributed by atoms with E-state index < -0.39 is 0 Å². The van der Waals surface area contributed by atoms with E-state index >= 15 is 0 Å². The zero-order valence-corrected chi connectivity index (χ0v) is 21.9. The van der Waals surface area contributed by atoms with Crippen LogP contribution in [0.5, 0.6) is 0 Å². The second-order valence-electron chi connectivity index (χ2n) is 8.73. The molecular formula is C27H30BrN5O. The van der Waals surface area contributed by atoms with Crippen molar-refractivity contribution in [2.75, 3.05) is 19.0 Å². The predicted molar refractivity (Wildman–Crippen MR) is 145 cm³/mol. The quantitative estimate of drug-likeness (QED) is 0.287. The van der Waals surface area contributed by atoms with Crippen molar-refractivity contribution in [1.29, 1.82) is 0 Å². The molecule has 4 rings (SSSR count). The van der Waals surface area contributed by atoms with Gasteiger partial charge in [0.25, 0.3) is 5.56 Å². The third-order valence-electron chi connectivity index (χ3n) is 6.04. The van der Waals surface area contributed by atoms with E-state index in [1.165, 1.54) is 4.68 Å². The first kappa shape index (κ1) is 24.0. The van der Waals surface area contributed by atoms with Crippen molar-refractivity contribution in [3.8, 4) is 5.69 Å². The number of benzene rings is 2. The molecule has 2 aromatic heterocycles. The average Bonchev–Trinajstić information content (AvgIpc) is 3.10. The topological polar surface area (TPSA) is 55.4 Å². The Bertz CT molecular complexity index is 1410. The highest BCUT2D eigenvalue weighted by Crippen LogP contribution is 2.22. The molecule has 0 aliphatic heterocycles. The van der Waals surface area contributed by atoms with Gasteiger partial charge < -0.3 is 9.47 Å². The SMILES string of the molecule is CCCCc1nc2ccc(Br)cc2c(=O)n1N=Cc1cc(C)n(-c2ccc(N(C)C)cc2)c1C. The molecule has 0 saturated carbocycles. The Morgan fingerprint density at radius 1 is 1.09 bits per heavy atom. The Balaban J connectivity index is 1.76. The van der Waals surface area contributed by atoms with Crippen LogP contribution in [-0.4, -0.2) is 34.5 Å². The average molecular weight is 520 g/mol. The third kappa shape index (κ3) is 4.71. The minimum atomic E-state index is -0.151. The molecule has 0 fully saturated rings. The first-order valence-electron chi connectivity index (χ1n) is 11.5. The zero-order chi connectivity index (χ0) is 24.4. The molecule has 2 aromatic carbocycles. The minimum Gasteiger partial charge on any atom is -0.378 e. The number of halogens is 1. The molecule has 0 saturated heterocycles. The van der Waals surface area contributed by atoms with Crippen LogP contribution < -0.4 is 10.5 Å². The van der Waals surface area contributed by atoms with E-state index in [1.807, 2.05) is 32.3 Å².